The summed E-state index contributed by atoms with van der Waals surface area (Å²) in [5.41, 5.74) is 0. The Balaban J connectivity index is 1.92. The molecular formula is C27H45N3O20. The number of aliphatic hydroxyl groups excluding tert-OH is 10. The van der Waals surface area contributed by atoms with Gasteiger partial charge in [0.15, 0.2) is 12.6 Å². The van der Waals surface area contributed by atoms with E-state index in [1.54, 1.807) is 0 Å². The van der Waals surface area contributed by atoms with Crippen molar-refractivity contribution in [3.8, 4) is 0 Å². The third-order valence-electron chi connectivity index (χ3n) is 8.37. The number of aliphatic carboxylic acids is 1. The molecule has 14 N–H and O–H groups in total. The van der Waals surface area contributed by atoms with Crippen molar-refractivity contribution in [2.24, 2.45) is 0 Å². The van der Waals surface area contributed by atoms with Gasteiger partial charge in [0, 0.05) is 20.3 Å². The minimum atomic E-state index is -2.92. The molecule has 3 amide bonds. The summed E-state index contributed by atoms with van der Waals surface area (Å²) < 4.78 is 27.7. The number of carbonyl (C=O) groups excluding carboxylic acids is 3. The van der Waals surface area contributed by atoms with E-state index in [-0.39, 0.29) is 0 Å². The van der Waals surface area contributed by atoms with Crippen LogP contribution in [-0.2, 0) is 42.9 Å². The van der Waals surface area contributed by atoms with Crippen LogP contribution in [0.1, 0.15) is 20.3 Å². The fourth-order valence-corrected chi connectivity index (χ4v) is 5.85. The molecule has 3 aliphatic heterocycles. The molecule has 0 aromatic carbocycles. The number of amides is 3. The van der Waals surface area contributed by atoms with Gasteiger partial charge in [-0.2, -0.15) is 0 Å². The Morgan fingerprint density at radius 2 is 1.46 bits per heavy atom. The molecule has 1 unspecified atom stereocenters. The van der Waals surface area contributed by atoms with E-state index in [0.717, 1.165) is 13.8 Å². The molecule has 0 aliphatic carbocycles. The van der Waals surface area contributed by atoms with Crippen molar-refractivity contribution in [1.82, 2.24) is 16.0 Å². The number of nitrogens with one attached hydrogen (secondary N) is 3. The van der Waals surface area contributed by atoms with Gasteiger partial charge in [-0.25, -0.2) is 4.79 Å². The first-order valence-electron chi connectivity index (χ1n) is 15.3. The molecule has 0 aromatic rings. The lowest BCUT2D eigenvalue weighted by molar-refractivity contribution is -0.342. The molecule has 288 valence electrons. The summed E-state index contributed by atoms with van der Waals surface area (Å²) in [5.74, 6) is -7.41. The maximum Gasteiger partial charge on any atom is 0.364 e. The first-order valence-corrected chi connectivity index (χ1v) is 15.3. The molecule has 3 fully saturated rings. The summed E-state index contributed by atoms with van der Waals surface area (Å²) in [6, 6.07) is -4.79. The second kappa shape index (κ2) is 17.7. The van der Waals surface area contributed by atoms with Crippen molar-refractivity contribution in [2.75, 3.05) is 26.4 Å². The largest absolute Gasteiger partial charge is 0.477 e. The highest BCUT2D eigenvalue weighted by Crippen LogP contribution is 2.35. The highest BCUT2D eigenvalue weighted by molar-refractivity contribution is 5.78. The molecule has 23 heteroatoms. The van der Waals surface area contributed by atoms with Gasteiger partial charge in [-0.15, -0.1) is 0 Å². The average molecular weight is 732 g/mol. The summed E-state index contributed by atoms with van der Waals surface area (Å²) in [4.78, 5) is 48.3. The minimum Gasteiger partial charge on any atom is -0.477 e. The van der Waals surface area contributed by atoms with E-state index in [4.69, 9.17) is 28.8 Å². The molecule has 23 nitrogen and oxygen atoms in total. The van der Waals surface area contributed by atoms with E-state index in [1.165, 1.54) is 0 Å². The summed E-state index contributed by atoms with van der Waals surface area (Å²) in [7, 11) is 0. The Kier molecular flexibility index (Phi) is 14.7. The Bertz CT molecular complexity index is 1180. The third-order valence-corrected chi connectivity index (χ3v) is 8.37. The molecule has 3 aliphatic rings. The lowest BCUT2D eigenvalue weighted by Gasteiger charge is -2.49. The van der Waals surface area contributed by atoms with Gasteiger partial charge in [0.1, 0.15) is 73.6 Å². The van der Waals surface area contributed by atoms with E-state index in [0.29, 0.717) is 0 Å². The van der Waals surface area contributed by atoms with Crippen molar-refractivity contribution in [3.05, 3.63) is 0 Å². The molecule has 3 rings (SSSR count). The number of aliphatic hydroxyl groups is 10. The third kappa shape index (κ3) is 9.38. The van der Waals surface area contributed by atoms with Gasteiger partial charge in [0.2, 0.25) is 17.7 Å². The molecule has 0 aromatic heterocycles. The first-order chi connectivity index (χ1) is 23.4. The number of carboxylic acid groups (broad SMARTS) is 1. The molecule has 0 bridgehead atoms. The van der Waals surface area contributed by atoms with Gasteiger partial charge in [0.25, 0.3) is 5.79 Å². The Hall–Kier alpha value is -2.72. The zero-order valence-electron chi connectivity index (χ0n) is 26.8. The van der Waals surface area contributed by atoms with Gasteiger partial charge in [0.05, 0.1) is 32.0 Å². The van der Waals surface area contributed by atoms with E-state index < -0.39 is 154 Å². The standard InChI is InChI=1S/C27H45N3O20/c1-8(34)28-16-21(42)19(40)12(5-32)48-25(16)49-22-17(29-9(2)35)24(43)47-13(20(22)41)7-46-27(26(44)45)3-10(36)15(30-14(38)6-33)23(50-27)18(39)11(37)4-31/h10-13,15-25,31-33,36-37,39-43H,3-7H2,1-2H3,(H,28,34)(H,29,35)(H,30,38)(H,44,45)/t10-,11+,12+,13+,15+,16+,17+,18+,19-,20-,21+,22+,23+,24?,25+,27+/m0/s1. The van der Waals surface area contributed by atoms with Gasteiger partial charge >= 0.3 is 5.97 Å². The van der Waals surface area contributed by atoms with Crippen LogP contribution in [-0.4, -0.2) is 204 Å². The van der Waals surface area contributed by atoms with Crippen LogP contribution in [0.25, 0.3) is 0 Å². The van der Waals surface area contributed by atoms with Crippen molar-refractivity contribution in [3.63, 3.8) is 0 Å². The van der Waals surface area contributed by atoms with Crippen LogP contribution in [0.2, 0.25) is 0 Å². The predicted molar refractivity (Wildman–Crippen MR) is 155 cm³/mol. The van der Waals surface area contributed by atoms with E-state index in [9.17, 15) is 70.2 Å². The van der Waals surface area contributed by atoms with Crippen LogP contribution in [0.15, 0.2) is 0 Å². The van der Waals surface area contributed by atoms with Gasteiger partial charge in [-0.05, 0) is 0 Å². The monoisotopic (exact) mass is 731 g/mol. The minimum absolute atomic E-state index is 0.722. The lowest BCUT2D eigenvalue weighted by atomic mass is 9.88. The van der Waals surface area contributed by atoms with Crippen LogP contribution in [0.4, 0.5) is 0 Å². The summed E-state index contributed by atoms with van der Waals surface area (Å²) >= 11 is 0. The van der Waals surface area contributed by atoms with E-state index >= 15 is 0 Å². The van der Waals surface area contributed by atoms with Crippen LogP contribution < -0.4 is 16.0 Å². The van der Waals surface area contributed by atoms with Crippen LogP contribution in [0, 0.1) is 0 Å². The maximum absolute atomic E-state index is 12.6. The Morgan fingerprint density at radius 1 is 0.840 bits per heavy atom. The second-order valence-electron chi connectivity index (χ2n) is 12.0. The Morgan fingerprint density at radius 3 is 2.00 bits per heavy atom. The van der Waals surface area contributed by atoms with Crippen molar-refractivity contribution in [1.29, 1.82) is 0 Å². The SMILES string of the molecule is CC(=O)N[C@H]1[C@@H](O[C@H]2[C@@H](O)[C@@H](CO[C@]3(C(=O)O)C[C@H](O)[C@@H](NC(=O)CO)[C@H]([C@H](O)[C@H](O)CO)O3)OC(O)[C@@H]2NC(C)=O)O[C@H](CO)[C@H](O)[C@@H]1O. The van der Waals surface area contributed by atoms with Crippen LogP contribution >= 0.6 is 0 Å². The molecule has 0 saturated carbocycles. The number of ether oxygens (including phenoxy) is 5. The van der Waals surface area contributed by atoms with Gasteiger partial charge < -0.3 is 95.8 Å². The average Bonchev–Trinajstić information content (AvgIpc) is 3.06. The smallest absolute Gasteiger partial charge is 0.364 e. The number of hydrogen-bond acceptors (Lipinski definition) is 19. The molecule has 50 heavy (non-hydrogen) atoms. The summed E-state index contributed by atoms with van der Waals surface area (Å²) in [6.07, 6.45) is -23.3. The highest BCUT2D eigenvalue weighted by atomic mass is 16.7. The number of rotatable bonds is 14. The van der Waals surface area contributed by atoms with Crippen LogP contribution in [0.3, 0.4) is 0 Å². The van der Waals surface area contributed by atoms with Crippen LogP contribution in [0.5, 0.6) is 0 Å². The number of hydrogen-bond donors (Lipinski definition) is 14. The fourth-order valence-electron chi connectivity index (χ4n) is 5.85. The molecule has 16 atom stereocenters. The van der Waals surface area contributed by atoms with Crippen molar-refractivity contribution < 1.29 is 99.0 Å². The van der Waals surface area contributed by atoms with E-state index in [1.807, 2.05) is 0 Å². The highest BCUT2D eigenvalue weighted by Gasteiger charge is 2.57. The molecular weight excluding hydrogens is 686 g/mol. The zero-order chi connectivity index (χ0) is 37.7. The molecule has 3 heterocycles. The second-order valence-corrected chi connectivity index (χ2v) is 12.0. The zero-order valence-corrected chi connectivity index (χ0v) is 26.8. The fraction of sp³-hybridized carbons (Fsp3) is 0.852. The topological polar surface area (TPSA) is 373 Å². The molecule has 0 radical (unpaired) electrons. The summed E-state index contributed by atoms with van der Waals surface area (Å²) in [5, 5.41) is 120. The maximum atomic E-state index is 12.6. The quantitative estimate of drug-likeness (QED) is 0.0788. The van der Waals surface area contributed by atoms with E-state index in [2.05, 4.69) is 16.0 Å². The van der Waals surface area contributed by atoms with Gasteiger partial charge in [-0.1, -0.05) is 0 Å². The molecule has 0 spiro atoms. The van der Waals surface area contributed by atoms with Gasteiger partial charge in [-0.3, -0.25) is 14.4 Å². The predicted octanol–water partition coefficient (Wildman–Crippen LogP) is -8.96. The number of carboxylic acids is 1. The van der Waals surface area contributed by atoms with Crippen molar-refractivity contribution >= 4 is 23.7 Å². The lowest BCUT2D eigenvalue weighted by Crippen LogP contribution is -2.70. The normalized spacial score (nSPS) is 40.3. The summed E-state index contributed by atoms with van der Waals surface area (Å²) in [6.45, 7) is -1.90. The number of carbonyl (C=O) groups is 4. The first kappa shape index (κ1) is 41.7. The Labute approximate surface area is 283 Å². The van der Waals surface area contributed by atoms with Crippen molar-refractivity contribution in [2.45, 2.75) is 118 Å². The molecule has 3 saturated heterocycles.